The molecular formula is C10H14F2. The molecule has 0 spiro atoms. The number of hydrogen-bond acceptors (Lipinski definition) is 0. The van der Waals surface area contributed by atoms with Crippen LogP contribution in [0.25, 0.3) is 0 Å². The maximum Gasteiger partial charge on any atom is 0.270 e. The van der Waals surface area contributed by atoms with Gasteiger partial charge in [-0.2, -0.15) is 0 Å². The zero-order valence-corrected chi connectivity index (χ0v) is 7.64. The Hall–Kier alpha value is -0.920. The lowest BCUT2D eigenvalue weighted by Crippen LogP contribution is -2.05. The Morgan fingerprint density at radius 3 is 1.67 bits per heavy atom. The van der Waals surface area contributed by atoms with Crippen LogP contribution in [0.2, 0.25) is 0 Å². The monoisotopic (exact) mass is 172 g/mol. The molecule has 1 aromatic rings. The first kappa shape index (κ1) is 11.1. The second-order valence-electron chi connectivity index (χ2n) is 2.25. The number of rotatable bonds is 1. The van der Waals surface area contributed by atoms with Gasteiger partial charge in [-0.1, -0.05) is 44.2 Å². The van der Waals surface area contributed by atoms with Crippen molar-refractivity contribution in [2.45, 2.75) is 26.7 Å². The Morgan fingerprint density at radius 1 is 1.00 bits per heavy atom. The largest absolute Gasteiger partial charge is 0.270 e. The molecule has 0 saturated carbocycles. The van der Waals surface area contributed by atoms with Crippen molar-refractivity contribution in [3.05, 3.63) is 35.9 Å². The molecule has 0 aliphatic rings. The lowest BCUT2D eigenvalue weighted by Gasteiger charge is -2.08. The first-order chi connectivity index (χ1) is 5.61. The highest BCUT2D eigenvalue weighted by atomic mass is 19.3. The summed E-state index contributed by atoms with van der Waals surface area (Å²) in [7, 11) is 0. The Labute approximate surface area is 72.2 Å². The summed E-state index contributed by atoms with van der Waals surface area (Å²) in [4.78, 5) is 0. The van der Waals surface area contributed by atoms with Crippen LogP contribution in [0.1, 0.15) is 26.3 Å². The van der Waals surface area contributed by atoms with Gasteiger partial charge in [0.05, 0.1) is 0 Å². The van der Waals surface area contributed by atoms with Crippen LogP contribution in [0.4, 0.5) is 8.78 Å². The summed E-state index contributed by atoms with van der Waals surface area (Å²) in [5, 5.41) is 0. The Morgan fingerprint density at radius 2 is 1.42 bits per heavy atom. The fourth-order valence-corrected chi connectivity index (χ4v) is 0.731. The molecule has 2 heteroatoms. The van der Waals surface area contributed by atoms with Crippen LogP contribution in [-0.4, -0.2) is 0 Å². The van der Waals surface area contributed by atoms with E-state index in [0.29, 0.717) is 0 Å². The van der Waals surface area contributed by atoms with Gasteiger partial charge in [0.25, 0.3) is 5.92 Å². The van der Waals surface area contributed by atoms with E-state index in [1.165, 1.54) is 12.1 Å². The van der Waals surface area contributed by atoms with Crippen molar-refractivity contribution in [1.29, 1.82) is 0 Å². The summed E-state index contributed by atoms with van der Waals surface area (Å²) in [5.74, 6) is -2.71. The molecule has 0 atom stereocenters. The third-order valence-electron chi connectivity index (χ3n) is 1.28. The van der Waals surface area contributed by atoms with Gasteiger partial charge in [0.15, 0.2) is 0 Å². The Bertz CT molecular complexity index is 199. The quantitative estimate of drug-likeness (QED) is 0.604. The fourth-order valence-electron chi connectivity index (χ4n) is 0.731. The normalized spacial score (nSPS) is 10.1. The highest BCUT2D eigenvalue weighted by Gasteiger charge is 2.22. The maximum atomic E-state index is 12.5. The van der Waals surface area contributed by atoms with Gasteiger partial charge in [-0.3, -0.25) is 0 Å². The molecule has 0 radical (unpaired) electrons. The van der Waals surface area contributed by atoms with Crippen LogP contribution >= 0.6 is 0 Å². The molecule has 0 nitrogen and oxygen atoms in total. The third kappa shape index (κ3) is 3.46. The molecule has 0 bridgehead atoms. The number of benzene rings is 1. The highest BCUT2D eigenvalue weighted by molar-refractivity contribution is 5.18. The summed E-state index contributed by atoms with van der Waals surface area (Å²) in [5.41, 5.74) is 0.0648. The van der Waals surface area contributed by atoms with Gasteiger partial charge in [0.2, 0.25) is 0 Å². The minimum Gasteiger partial charge on any atom is -0.202 e. The summed E-state index contributed by atoms with van der Waals surface area (Å²) in [6.45, 7) is 4.89. The minimum absolute atomic E-state index is 0.0648. The molecule has 0 fully saturated rings. The molecule has 0 heterocycles. The average molecular weight is 172 g/mol. The first-order valence-electron chi connectivity index (χ1n) is 4.04. The molecule has 1 aromatic carbocycles. The lowest BCUT2D eigenvalue weighted by atomic mass is 10.1. The Balaban J connectivity index is 0.000000561. The smallest absolute Gasteiger partial charge is 0.202 e. The SMILES string of the molecule is CC.CC(F)(F)c1ccccc1. The highest BCUT2D eigenvalue weighted by Crippen LogP contribution is 2.25. The van der Waals surface area contributed by atoms with E-state index in [0.717, 1.165) is 6.92 Å². The zero-order valence-electron chi connectivity index (χ0n) is 7.64. The maximum absolute atomic E-state index is 12.5. The van der Waals surface area contributed by atoms with E-state index in [1.54, 1.807) is 18.2 Å². The summed E-state index contributed by atoms with van der Waals surface area (Å²) in [6.07, 6.45) is 0. The van der Waals surface area contributed by atoms with Crippen molar-refractivity contribution >= 4 is 0 Å². The van der Waals surface area contributed by atoms with Crippen molar-refractivity contribution < 1.29 is 8.78 Å². The van der Waals surface area contributed by atoms with Crippen LogP contribution in [0.3, 0.4) is 0 Å². The summed E-state index contributed by atoms with van der Waals surface area (Å²) >= 11 is 0. The van der Waals surface area contributed by atoms with E-state index in [-0.39, 0.29) is 5.56 Å². The van der Waals surface area contributed by atoms with Crippen molar-refractivity contribution in [3.63, 3.8) is 0 Å². The first-order valence-corrected chi connectivity index (χ1v) is 4.04. The van der Waals surface area contributed by atoms with Crippen LogP contribution in [0.15, 0.2) is 30.3 Å². The molecule has 68 valence electrons. The lowest BCUT2D eigenvalue weighted by molar-refractivity contribution is 0.0175. The van der Waals surface area contributed by atoms with Crippen LogP contribution in [-0.2, 0) is 5.92 Å². The molecule has 0 saturated heterocycles. The van der Waals surface area contributed by atoms with E-state index in [9.17, 15) is 8.78 Å². The van der Waals surface area contributed by atoms with E-state index in [1.807, 2.05) is 13.8 Å². The second kappa shape index (κ2) is 4.86. The van der Waals surface area contributed by atoms with Gasteiger partial charge >= 0.3 is 0 Å². The van der Waals surface area contributed by atoms with Gasteiger partial charge in [0.1, 0.15) is 0 Å². The van der Waals surface area contributed by atoms with E-state index in [2.05, 4.69) is 0 Å². The molecule has 0 aliphatic carbocycles. The molecule has 0 amide bonds. The minimum atomic E-state index is -2.71. The van der Waals surface area contributed by atoms with Crippen molar-refractivity contribution in [1.82, 2.24) is 0 Å². The fraction of sp³-hybridized carbons (Fsp3) is 0.400. The number of alkyl halides is 2. The predicted molar refractivity (Wildman–Crippen MR) is 47.4 cm³/mol. The number of hydrogen-bond donors (Lipinski definition) is 0. The van der Waals surface area contributed by atoms with Crippen LogP contribution in [0.5, 0.6) is 0 Å². The van der Waals surface area contributed by atoms with Gasteiger partial charge < -0.3 is 0 Å². The molecule has 0 aliphatic heterocycles. The van der Waals surface area contributed by atoms with E-state index < -0.39 is 5.92 Å². The molecule has 12 heavy (non-hydrogen) atoms. The topological polar surface area (TPSA) is 0 Å². The third-order valence-corrected chi connectivity index (χ3v) is 1.28. The standard InChI is InChI=1S/C8H8F2.C2H6/c1-8(9,10)7-5-3-2-4-6-7;1-2/h2-6H,1H3;1-2H3. The average Bonchev–Trinajstić information content (AvgIpc) is 2.08. The van der Waals surface area contributed by atoms with Gasteiger partial charge in [-0.05, 0) is 0 Å². The van der Waals surface area contributed by atoms with Gasteiger partial charge in [-0.25, -0.2) is 8.78 Å². The van der Waals surface area contributed by atoms with Crippen molar-refractivity contribution in [2.24, 2.45) is 0 Å². The predicted octanol–water partition coefficient (Wildman–Crippen LogP) is 3.82. The molecule has 1 rings (SSSR count). The molecular weight excluding hydrogens is 158 g/mol. The zero-order chi connectivity index (χ0) is 9.61. The number of halogens is 2. The summed E-state index contributed by atoms with van der Waals surface area (Å²) < 4.78 is 24.9. The Kier molecular flexibility index (Phi) is 4.49. The molecule has 0 N–H and O–H groups in total. The van der Waals surface area contributed by atoms with Crippen molar-refractivity contribution in [2.75, 3.05) is 0 Å². The van der Waals surface area contributed by atoms with Gasteiger partial charge in [0, 0.05) is 12.5 Å². The van der Waals surface area contributed by atoms with Crippen LogP contribution < -0.4 is 0 Å². The summed E-state index contributed by atoms with van der Waals surface area (Å²) in [6, 6.07) is 7.76. The molecule has 0 unspecified atom stereocenters. The van der Waals surface area contributed by atoms with Crippen molar-refractivity contribution in [3.8, 4) is 0 Å². The molecule has 0 aromatic heterocycles. The van der Waals surface area contributed by atoms with Gasteiger partial charge in [-0.15, -0.1) is 0 Å². The van der Waals surface area contributed by atoms with Crippen LogP contribution in [0, 0.1) is 0 Å². The van der Waals surface area contributed by atoms with E-state index in [4.69, 9.17) is 0 Å². The van der Waals surface area contributed by atoms with E-state index >= 15 is 0 Å². The second-order valence-corrected chi connectivity index (χ2v) is 2.25.